The van der Waals surface area contributed by atoms with Gasteiger partial charge < -0.3 is 5.11 Å². The van der Waals surface area contributed by atoms with Crippen LogP contribution in [0.2, 0.25) is 0 Å². The molecule has 4 heteroatoms. The van der Waals surface area contributed by atoms with E-state index in [1.165, 1.54) is 19.1 Å². The van der Waals surface area contributed by atoms with Crippen LogP contribution in [0.1, 0.15) is 16.7 Å². The summed E-state index contributed by atoms with van der Waals surface area (Å²) >= 11 is 0. The molecule has 0 radical (unpaired) electrons. The molecule has 0 saturated carbocycles. The maximum Gasteiger partial charge on any atom is 0.307 e. The number of hydrogen-bond acceptors (Lipinski definition) is 2. The molecule has 0 saturated heterocycles. The molecule has 0 aliphatic heterocycles. The third-order valence-electron chi connectivity index (χ3n) is 1.88. The standard InChI is InChI=1S/C10H8FNO2/c1-6-2-3-7(5-12)8(10(6)11)4-9(13)14/h2-3H,4H2,1H3,(H,13,14). The minimum absolute atomic E-state index is 0.0417. The molecular weight excluding hydrogens is 185 g/mol. The second-order valence-corrected chi connectivity index (χ2v) is 2.90. The van der Waals surface area contributed by atoms with Gasteiger partial charge in [-0.25, -0.2) is 4.39 Å². The van der Waals surface area contributed by atoms with Gasteiger partial charge in [-0.05, 0) is 18.6 Å². The molecule has 1 N–H and O–H groups in total. The van der Waals surface area contributed by atoms with E-state index in [-0.39, 0.29) is 11.1 Å². The summed E-state index contributed by atoms with van der Waals surface area (Å²) in [5, 5.41) is 17.2. The van der Waals surface area contributed by atoms with Gasteiger partial charge >= 0.3 is 5.97 Å². The van der Waals surface area contributed by atoms with Gasteiger partial charge in [0.2, 0.25) is 0 Å². The number of aryl methyl sites for hydroxylation is 1. The van der Waals surface area contributed by atoms with E-state index in [0.29, 0.717) is 5.56 Å². The van der Waals surface area contributed by atoms with Crippen LogP contribution in [0, 0.1) is 24.1 Å². The molecule has 3 nitrogen and oxygen atoms in total. The number of carbonyl (C=O) groups is 1. The van der Waals surface area contributed by atoms with Gasteiger partial charge in [-0.2, -0.15) is 5.26 Å². The molecule has 0 unspecified atom stereocenters. The van der Waals surface area contributed by atoms with Crippen LogP contribution in [0.25, 0.3) is 0 Å². The average molecular weight is 193 g/mol. The summed E-state index contributed by atoms with van der Waals surface area (Å²) in [4.78, 5) is 10.4. The van der Waals surface area contributed by atoms with Gasteiger partial charge in [0.25, 0.3) is 0 Å². The molecule has 1 aromatic carbocycles. The van der Waals surface area contributed by atoms with Crippen molar-refractivity contribution in [1.29, 1.82) is 5.26 Å². The topological polar surface area (TPSA) is 61.1 Å². The van der Waals surface area contributed by atoms with Crippen LogP contribution in [-0.2, 0) is 11.2 Å². The third kappa shape index (κ3) is 1.88. The van der Waals surface area contributed by atoms with E-state index in [1.807, 2.05) is 0 Å². The van der Waals surface area contributed by atoms with Gasteiger partial charge in [0, 0.05) is 5.56 Å². The Labute approximate surface area is 80.4 Å². The number of aliphatic carboxylic acids is 1. The lowest BCUT2D eigenvalue weighted by atomic mass is 10.0. The Balaban J connectivity index is 3.29. The lowest BCUT2D eigenvalue weighted by molar-refractivity contribution is -0.136. The monoisotopic (exact) mass is 193 g/mol. The van der Waals surface area contributed by atoms with Gasteiger partial charge in [-0.3, -0.25) is 4.79 Å². The Morgan fingerprint density at radius 3 is 2.79 bits per heavy atom. The van der Waals surface area contributed by atoms with Crippen LogP contribution in [-0.4, -0.2) is 11.1 Å². The van der Waals surface area contributed by atoms with E-state index >= 15 is 0 Å². The molecule has 0 aromatic heterocycles. The first kappa shape index (κ1) is 10.2. The maximum absolute atomic E-state index is 13.4. The normalized spacial score (nSPS) is 9.50. The molecule has 0 aliphatic rings. The zero-order valence-electron chi connectivity index (χ0n) is 7.54. The van der Waals surface area contributed by atoms with Gasteiger partial charge in [0.05, 0.1) is 18.1 Å². The van der Waals surface area contributed by atoms with E-state index in [9.17, 15) is 9.18 Å². The van der Waals surface area contributed by atoms with Crippen LogP contribution in [0.15, 0.2) is 12.1 Å². The number of nitriles is 1. The first-order valence-corrected chi connectivity index (χ1v) is 3.96. The highest BCUT2D eigenvalue weighted by molar-refractivity contribution is 5.71. The number of carboxylic acids is 1. The summed E-state index contributed by atoms with van der Waals surface area (Å²) in [5.74, 6) is -1.75. The highest BCUT2D eigenvalue weighted by atomic mass is 19.1. The molecule has 0 amide bonds. The minimum Gasteiger partial charge on any atom is -0.481 e. The van der Waals surface area contributed by atoms with Crippen LogP contribution in [0.3, 0.4) is 0 Å². The molecule has 0 heterocycles. The molecule has 0 aliphatic carbocycles. The molecule has 0 fully saturated rings. The molecular formula is C10H8FNO2. The smallest absolute Gasteiger partial charge is 0.307 e. The summed E-state index contributed by atoms with van der Waals surface area (Å²) in [5.41, 5.74) is 0.385. The Kier molecular flexibility index (Phi) is 2.82. The Morgan fingerprint density at radius 1 is 1.64 bits per heavy atom. The molecule has 0 atom stereocenters. The van der Waals surface area contributed by atoms with Crippen LogP contribution in [0.5, 0.6) is 0 Å². The Bertz CT molecular complexity index is 421. The van der Waals surface area contributed by atoms with Crippen molar-refractivity contribution in [2.45, 2.75) is 13.3 Å². The fourth-order valence-electron chi connectivity index (χ4n) is 1.17. The van der Waals surface area contributed by atoms with Crippen molar-refractivity contribution < 1.29 is 14.3 Å². The molecule has 1 rings (SSSR count). The second kappa shape index (κ2) is 3.88. The van der Waals surface area contributed by atoms with Gasteiger partial charge in [-0.1, -0.05) is 6.07 Å². The minimum atomic E-state index is -1.15. The van der Waals surface area contributed by atoms with Crippen LogP contribution in [0.4, 0.5) is 4.39 Å². The van der Waals surface area contributed by atoms with Crippen LogP contribution < -0.4 is 0 Å². The number of rotatable bonds is 2. The zero-order valence-corrected chi connectivity index (χ0v) is 7.54. The van der Waals surface area contributed by atoms with Gasteiger partial charge in [0.1, 0.15) is 5.82 Å². The Hall–Kier alpha value is -1.89. The van der Waals surface area contributed by atoms with Crippen molar-refractivity contribution in [2.24, 2.45) is 0 Å². The first-order chi connectivity index (χ1) is 6.56. The number of benzene rings is 1. The van der Waals surface area contributed by atoms with E-state index in [1.54, 1.807) is 6.07 Å². The van der Waals surface area contributed by atoms with E-state index in [0.717, 1.165) is 0 Å². The maximum atomic E-state index is 13.4. The molecule has 72 valence electrons. The molecule has 1 aromatic rings. The summed E-state index contributed by atoms with van der Waals surface area (Å²) < 4.78 is 13.4. The lowest BCUT2D eigenvalue weighted by Gasteiger charge is -2.04. The summed E-state index contributed by atoms with van der Waals surface area (Å²) in [6.45, 7) is 1.53. The average Bonchev–Trinajstić information content (AvgIpc) is 2.13. The summed E-state index contributed by atoms with van der Waals surface area (Å²) in [7, 11) is 0. The zero-order chi connectivity index (χ0) is 10.7. The number of nitrogens with zero attached hydrogens (tertiary/aromatic N) is 1. The molecule has 0 spiro atoms. The van der Waals surface area contributed by atoms with E-state index < -0.39 is 18.2 Å². The second-order valence-electron chi connectivity index (χ2n) is 2.90. The predicted molar refractivity (Wildman–Crippen MR) is 47.2 cm³/mol. The van der Waals surface area contributed by atoms with Gasteiger partial charge in [0.15, 0.2) is 0 Å². The Morgan fingerprint density at radius 2 is 2.29 bits per heavy atom. The third-order valence-corrected chi connectivity index (χ3v) is 1.88. The SMILES string of the molecule is Cc1ccc(C#N)c(CC(=O)O)c1F. The predicted octanol–water partition coefficient (Wildman–Crippen LogP) is 1.63. The fraction of sp³-hybridized carbons (Fsp3) is 0.200. The quantitative estimate of drug-likeness (QED) is 0.776. The number of halogens is 1. The van der Waals surface area contributed by atoms with E-state index in [2.05, 4.69) is 0 Å². The van der Waals surface area contributed by atoms with Crippen molar-refractivity contribution in [3.05, 3.63) is 34.6 Å². The lowest BCUT2D eigenvalue weighted by Crippen LogP contribution is -2.06. The van der Waals surface area contributed by atoms with Crippen molar-refractivity contribution >= 4 is 5.97 Å². The molecule has 0 bridgehead atoms. The van der Waals surface area contributed by atoms with Crippen molar-refractivity contribution in [1.82, 2.24) is 0 Å². The number of hydrogen-bond donors (Lipinski definition) is 1. The largest absolute Gasteiger partial charge is 0.481 e. The first-order valence-electron chi connectivity index (χ1n) is 3.96. The van der Waals surface area contributed by atoms with Crippen LogP contribution >= 0.6 is 0 Å². The number of carboxylic acid groups (broad SMARTS) is 1. The highest BCUT2D eigenvalue weighted by Gasteiger charge is 2.13. The highest BCUT2D eigenvalue weighted by Crippen LogP contribution is 2.17. The fourth-order valence-corrected chi connectivity index (χ4v) is 1.17. The van der Waals surface area contributed by atoms with Crippen molar-refractivity contribution in [2.75, 3.05) is 0 Å². The summed E-state index contributed by atoms with van der Waals surface area (Å²) in [6, 6.07) is 4.65. The van der Waals surface area contributed by atoms with Crippen molar-refractivity contribution in [3.63, 3.8) is 0 Å². The van der Waals surface area contributed by atoms with Gasteiger partial charge in [-0.15, -0.1) is 0 Å². The van der Waals surface area contributed by atoms with Crippen molar-refractivity contribution in [3.8, 4) is 6.07 Å². The summed E-state index contributed by atoms with van der Waals surface area (Å²) in [6.07, 6.45) is -0.462. The van der Waals surface area contributed by atoms with E-state index in [4.69, 9.17) is 10.4 Å². The molecule has 14 heavy (non-hydrogen) atoms.